The lowest BCUT2D eigenvalue weighted by Crippen LogP contribution is -2.24. The average Bonchev–Trinajstić information content (AvgIpc) is 3.01. The summed E-state index contributed by atoms with van der Waals surface area (Å²) in [5, 5.41) is 0. The summed E-state index contributed by atoms with van der Waals surface area (Å²) in [6, 6.07) is 6.57. The third kappa shape index (κ3) is 4.27. The summed E-state index contributed by atoms with van der Waals surface area (Å²) in [5.74, 6) is 1.36. The Labute approximate surface area is 136 Å². The van der Waals surface area contributed by atoms with Gasteiger partial charge in [0.05, 0.1) is 26.0 Å². The van der Waals surface area contributed by atoms with Crippen molar-refractivity contribution in [1.29, 1.82) is 0 Å². The van der Waals surface area contributed by atoms with E-state index in [1.54, 1.807) is 25.1 Å². The van der Waals surface area contributed by atoms with E-state index in [1.165, 1.54) is 12.3 Å². The molecule has 126 valence electrons. The van der Waals surface area contributed by atoms with Crippen molar-refractivity contribution in [3.8, 4) is 11.5 Å². The average molecular weight is 339 g/mol. The Balaban J connectivity index is 2.35. The molecule has 0 aliphatic heterocycles. The fourth-order valence-electron chi connectivity index (χ4n) is 2.09. The molecular weight excluding hydrogens is 318 g/mol. The zero-order chi connectivity index (χ0) is 16.9. The monoisotopic (exact) mass is 339 g/mol. The lowest BCUT2D eigenvalue weighted by molar-refractivity contribution is 0.320. The predicted molar refractivity (Wildman–Crippen MR) is 86.3 cm³/mol. The maximum absolute atomic E-state index is 12.6. The van der Waals surface area contributed by atoms with Crippen molar-refractivity contribution >= 4 is 10.0 Å². The largest absolute Gasteiger partial charge is 0.494 e. The minimum Gasteiger partial charge on any atom is -0.494 e. The summed E-state index contributed by atoms with van der Waals surface area (Å²) < 4.78 is 43.8. The summed E-state index contributed by atoms with van der Waals surface area (Å²) in [4.78, 5) is 0.0555. The second kappa shape index (κ2) is 7.52. The Kier molecular flexibility index (Phi) is 5.68. The van der Waals surface area contributed by atoms with Gasteiger partial charge in [-0.1, -0.05) is 0 Å². The van der Waals surface area contributed by atoms with E-state index in [0.29, 0.717) is 30.5 Å². The first-order valence-electron chi connectivity index (χ1n) is 7.40. The Morgan fingerprint density at radius 1 is 1.13 bits per heavy atom. The second-order valence-corrected chi connectivity index (χ2v) is 6.57. The van der Waals surface area contributed by atoms with Gasteiger partial charge in [0.25, 0.3) is 0 Å². The van der Waals surface area contributed by atoms with Crippen molar-refractivity contribution in [1.82, 2.24) is 4.72 Å². The number of nitrogens with one attached hydrogen (secondary N) is 1. The van der Waals surface area contributed by atoms with Crippen LogP contribution in [0.4, 0.5) is 0 Å². The predicted octanol–water partition coefficient (Wildman–Crippen LogP) is 2.86. The zero-order valence-electron chi connectivity index (χ0n) is 13.5. The van der Waals surface area contributed by atoms with Gasteiger partial charge in [0.2, 0.25) is 10.0 Å². The van der Waals surface area contributed by atoms with Gasteiger partial charge >= 0.3 is 0 Å². The Hall–Kier alpha value is -1.99. The minimum absolute atomic E-state index is 0.0555. The molecule has 0 saturated carbocycles. The van der Waals surface area contributed by atoms with Gasteiger partial charge in [-0.2, -0.15) is 0 Å². The van der Waals surface area contributed by atoms with Crippen molar-refractivity contribution in [2.75, 3.05) is 13.2 Å². The molecule has 0 aliphatic rings. The van der Waals surface area contributed by atoms with E-state index >= 15 is 0 Å². The van der Waals surface area contributed by atoms with Crippen molar-refractivity contribution in [2.45, 2.75) is 32.2 Å². The smallest absolute Gasteiger partial charge is 0.244 e. The third-order valence-corrected chi connectivity index (χ3v) is 4.57. The molecule has 23 heavy (non-hydrogen) atoms. The quantitative estimate of drug-likeness (QED) is 0.800. The molecule has 7 heteroatoms. The highest BCUT2D eigenvalue weighted by molar-refractivity contribution is 7.89. The molecule has 1 N–H and O–H groups in total. The molecule has 6 nitrogen and oxygen atoms in total. The maximum Gasteiger partial charge on any atom is 0.244 e. The number of benzene rings is 1. The molecule has 0 bridgehead atoms. The van der Waals surface area contributed by atoms with E-state index in [-0.39, 0.29) is 11.4 Å². The van der Waals surface area contributed by atoms with Crippen LogP contribution >= 0.6 is 0 Å². The van der Waals surface area contributed by atoms with Crippen LogP contribution in [0.15, 0.2) is 39.8 Å². The fraction of sp³-hybridized carbons (Fsp3) is 0.375. The van der Waals surface area contributed by atoms with Crippen molar-refractivity contribution in [3.05, 3.63) is 41.9 Å². The van der Waals surface area contributed by atoms with Gasteiger partial charge in [0.1, 0.15) is 22.2 Å². The molecule has 0 aliphatic carbocycles. The minimum atomic E-state index is -3.76. The van der Waals surface area contributed by atoms with E-state index in [2.05, 4.69) is 4.72 Å². The van der Waals surface area contributed by atoms with Gasteiger partial charge in [-0.05, 0) is 44.5 Å². The number of aryl methyl sites for hydroxylation is 1. The third-order valence-electron chi connectivity index (χ3n) is 3.15. The van der Waals surface area contributed by atoms with Gasteiger partial charge in [-0.3, -0.25) is 0 Å². The molecular formula is C16H21NO5S. The van der Waals surface area contributed by atoms with Crippen molar-refractivity contribution in [3.63, 3.8) is 0 Å². The van der Waals surface area contributed by atoms with Crippen molar-refractivity contribution < 1.29 is 22.3 Å². The fourth-order valence-corrected chi connectivity index (χ4v) is 3.22. The zero-order valence-corrected chi connectivity index (χ0v) is 14.3. The topological polar surface area (TPSA) is 77.8 Å². The molecule has 1 aromatic heterocycles. The molecule has 1 aromatic carbocycles. The number of hydrogen-bond donors (Lipinski definition) is 1. The van der Waals surface area contributed by atoms with Crippen LogP contribution in [-0.4, -0.2) is 21.6 Å². The molecule has 1 heterocycles. The molecule has 2 rings (SSSR count). The molecule has 0 radical (unpaired) electrons. The summed E-state index contributed by atoms with van der Waals surface area (Å²) >= 11 is 0. The summed E-state index contributed by atoms with van der Waals surface area (Å²) in [7, 11) is -3.76. The highest BCUT2D eigenvalue weighted by Gasteiger charge is 2.22. The first kappa shape index (κ1) is 17.4. The van der Waals surface area contributed by atoms with E-state index in [9.17, 15) is 8.42 Å². The summed E-state index contributed by atoms with van der Waals surface area (Å²) in [6.45, 7) is 6.39. The van der Waals surface area contributed by atoms with Crippen LogP contribution in [0.3, 0.4) is 0 Å². The Morgan fingerprint density at radius 2 is 1.83 bits per heavy atom. The number of ether oxygens (including phenoxy) is 2. The van der Waals surface area contributed by atoms with Crippen LogP contribution in [0.2, 0.25) is 0 Å². The van der Waals surface area contributed by atoms with E-state index in [4.69, 9.17) is 13.9 Å². The van der Waals surface area contributed by atoms with Gasteiger partial charge in [-0.15, -0.1) is 0 Å². The van der Waals surface area contributed by atoms with Crippen LogP contribution < -0.4 is 14.2 Å². The molecule has 2 aromatic rings. The molecule has 0 spiro atoms. The van der Waals surface area contributed by atoms with E-state index in [0.717, 1.165) is 5.56 Å². The van der Waals surface area contributed by atoms with Crippen LogP contribution in [-0.2, 0) is 16.6 Å². The lowest BCUT2D eigenvalue weighted by Gasteiger charge is -2.15. The number of hydrogen-bond acceptors (Lipinski definition) is 5. The molecule has 0 unspecified atom stereocenters. The SMILES string of the molecule is CCOc1cc(S(=O)(=O)NCc2ccco2)c(OCC)cc1C. The molecule has 0 atom stereocenters. The summed E-state index contributed by atoms with van der Waals surface area (Å²) in [5.41, 5.74) is 0.820. The van der Waals surface area contributed by atoms with Gasteiger partial charge in [0, 0.05) is 6.07 Å². The van der Waals surface area contributed by atoms with Crippen LogP contribution in [0.25, 0.3) is 0 Å². The first-order valence-corrected chi connectivity index (χ1v) is 8.88. The Morgan fingerprint density at radius 3 is 2.43 bits per heavy atom. The molecule has 0 fully saturated rings. The van der Waals surface area contributed by atoms with Gasteiger partial charge in [-0.25, -0.2) is 13.1 Å². The Bertz CT molecular complexity index is 738. The van der Waals surface area contributed by atoms with Crippen LogP contribution in [0, 0.1) is 6.92 Å². The van der Waals surface area contributed by atoms with Crippen LogP contribution in [0.5, 0.6) is 11.5 Å². The lowest BCUT2D eigenvalue weighted by atomic mass is 10.2. The van der Waals surface area contributed by atoms with Crippen molar-refractivity contribution in [2.24, 2.45) is 0 Å². The highest BCUT2D eigenvalue weighted by atomic mass is 32.2. The second-order valence-electron chi connectivity index (χ2n) is 4.83. The molecule has 0 amide bonds. The number of sulfonamides is 1. The normalized spacial score (nSPS) is 11.4. The maximum atomic E-state index is 12.6. The number of rotatable bonds is 8. The van der Waals surface area contributed by atoms with Crippen LogP contribution in [0.1, 0.15) is 25.2 Å². The first-order chi connectivity index (χ1) is 11.0. The standard InChI is InChI=1S/C16H21NO5S/c1-4-20-14-10-16(15(21-5-2)9-12(14)3)23(18,19)17-11-13-7-6-8-22-13/h6-10,17H,4-5,11H2,1-3H3. The summed E-state index contributed by atoms with van der Waals surface area (Å²) in [6.07, 6.45) is 1.49. The number of furan rings is 1. The van der Waals surface area contributed by atoms with E-state index in [1.807, 2.05) is 13.8 Å². The highest BCUT2D eigenvalue weighted by Crippen LogP contribution is 2.32. The molecule has 0 saturated heterocycles. The van der Waals surface area contributed by atoms with Gasteiger partial charge in [0.15, 0.2) is 0 Å². The van der Waals surface area contributed by atoms with Gasteiger partial charge < -0.3 is 13.9 Å². The van der Waals surface area contributed by atoms with E-state index < -0.39 is 10.0 Å².